The second kappa shape index (κ2) is 6.66. The van der Waals surface area contributed by atoms with Crippen molar-refractivity contribution in [3.63, 3.8) is 0 Å². The minimum atomic E-state index is -3.50. The summed E-state index contributed by atoms with van der Waals surface area (Å²) in [6.45, 7) is 0.976. The van der Waals surface area contributed by atoms with Gasteiger partial charge >= 0.3 is 0 Å². The third-order valence-electron chi connectivity index (χ3n) is 3.59. The van der Waals surface area contributed by atoms with Crippen LogP contribution in [0.5, 0.6) is 0 Å². The number of halogens is 1. The Morgan fingerprint density at radius 1 is 1.23 bits per heavy atom. The van der Waals surface area contributed by atoms with Crippen LogP contribution in [-0.4, -0.2) is 31.6 Å². The van der Waals surface area contributed by atoms with Crippen LogP contribution in [0.3, 0.4) is 0 Å². The van der Waals surface area contributed by atoms with Gasteiger partial charge in [0, 0.05) is 23.9 Å². The average molecular weight is 358 g/mol. The smallest absolute Gasteiger partial charge is 0.243 e. The zero-order valence-corrected chi connectivity index (χ0v) is 14.2. The lowest BCUT2D eigenvalue weighted by Gasteiger charge is -2.19. The average Bonchev–Trinajstić information content (AvgIpc) is 2.91. The molecule has 1 aromatic carbocycles. The van der Waals surface area contributed by atoms with Crippen LogP contribution >= 0.6 is 23.4 Å². The van der Waals surface area contributed by atoms with Gasteiger partial charge in [0.25, 0.3) is 0 Å². The lowest BCUT2D eigenvalue weighted by Crippen LogP contribution is -2.33. The zero-order chi connectivity index (χ0) is 15.6. The molecular weight excluding hydrogens is 342 g/mol. The van der Waals surface area contributed by atoms with E-state index in [4.69, 9.17) is 16.0 Å². The van der Waals surface area contributed by atoms with E-state index in [0.29, 0.717) is 18.1 Å². The SMILES string of the molecule is O=S(=O)(c1cccc(Cl)c1)N1CCSC(c2ccco2)CC1. The fraction of sp³-hybridized carbons (Fsp3) is 0.333. The van der Waals surface area contributed by atoms with E-state index in [-0.39, 0.29) is 10.1 Å². The molecule has 3 rings (SSSR count). The minimum Gasteiger partial charge on any atom is -0.468 e. The van der Waals surface area contributed by atoms with Crippen molar-refractivity contribution in [3.05, 3.63) is 53.4 Å². The van der Waals surface area contributed by atoms with Crippen molar-refractivity contribution >= 4 is 33.4 Å². The van der Waals surface area contributed by atoms with Gasteiger partial charge in [0.15, 0.2) is 0 Å². The third-order valence-corrected chi connectivity index (χ3v) is 7.01. The van der Waals surface area contributed by atoms with E-state index in [1.165, 1.54) is 10.4 Å². The molecule has 0 aliphatic carbocycles. The summed E-state index contributed by atoms with van der Waals surface area (Å²) in [4.78, 5) is 0.251. The molecular formula is C15H16ClNO3S2. The van der Waals surface area contributed by atoms with Gasteiger partial charge in [0.1, 0.15) is 5.76 Å². The highest BCUT2D eigenvalue weighted by molar-refractivity contribution is 7.99. The first-order valence-electron chi connectivity index (χ1n) is 6.98. The number of nitrogens with zero attached hydrogens (tertiary/aromatic N) is 1. The highest BCUT2D eigenvalue weighted by atomic mass is 35.5. The minimum absolute atomic E-state index is 0.203. The quantitative estimate of drug-likeness (QED) is 0.838. The Labute approximate surface area is 139 Å². The van der Waals surface area contributed by atoms with Crippen molar-refractivity contribution < 1.29 is 12.8 Å². The molecule has 1 saturated heterocycles. The van der Waals surface area contributed by atoms with Crippen molar-refractivity contribution in [2.24, 2.45) is 0 Å². The number of rotatable bonds is 3. The second-order valence-corrected chi connectivity index (χ2v) is 8.71. The van der Waals surface area contributed by atoms with Gasteiger partial charge in [-0.1, -0.05) is 17.7 Å². The molecule has 0 bridgehead atoms. The lowest BCUT2D eigenvalue weighted by molar-refractivity contribution is 0.417. The van der Waals surface area contributed by atoms with Gasteiger partial charge in [-0.3, -0.25) is 0 Å². The third kappa shape index (κ3) is 3.35. The van der Waals surface area contributed by atoms with E-state index in [9.17, 15) is 8.42 Å². The fourth-order valence-corrected chi connectivity index (χ4v) is 5.52. The van der Waals surface area contributed by atoms with Crippen molar-refractivity contribution in [1.82, 2.24) is 4.31 Å². The molecule has 1 aliphatic rings. The Balaban J connectivity index is 1.78. The standard InChI is InChI=1S/C15H16ClNO3S2/c16-12-3-1-4-13(11-12)22(18,19)17-7-6-15(21-10-8-17)14-5-2-9-20-14/h1-5,9,11,15H,6-8,10H2. The van der Waals surface area contributed by atoms with E-state index in [1.54, 1.807) is 36.2 Å². The van der Waals surface area contributed by atoms with Crippen LogP contribution < -0.4 is 0 Å². The Morgan fingerprint density at radius 2 is 2.09 bits per heavy atom. The monoisotopic (exact) mass is 357 g/mol. The molecule has 1 aromatic heterocycles. The van der Waals surface area contributed by atoms with E-state index in [1.807, 2.05) is 12.1 Å². The summed E-state index contributed by atoms with van der Waals surface area (Å²) in [5.41, 5.74) is 0. The van der Waals surface area contributed by atoms with E-state index >= 15 is 0 Å². The molecule has 0 amide bonds. The van der Waals surface area contributed by atoms with Gasteiger partial charge in [0.05, 0.1) is 16.4 Å². The van der Waals surface area contributed by atoms with Gasteiger partial charge < -0.3 is 4.42 Å². The molecule has 2 heterocycles. The number of furan rings is 1. The fourth-order valence-electron chi connectivity index (χ4n) is 2.47. The Hall–Kier alpha value is -0.950. The predicted molar refractivity (Wildman–Crippen MR) is 88.7 cm³/mol. The molecule has 0 radical (unpaired) electrons. The van der Waals surface area contributed by atoms with Crippen LogP contribution in [0.1, 0.15) is 17.4 Å². The number of benzene rings is 1. The van der Waals surface area contributed by atoms with Gasteiger partial charge in [-0.25, -0.2) is 8.42 Å². The second-order valence-electron chi connectivity index (χ2n) is 5.02. The summed E-state index contributed by atoms with van der Waals surface area (Å²) < 4.78 is 32.4. The van der Waals surface area contributed by atoms with Crippen molar-refractivity contribution in [1.29, 1.82) is 0 Å². The first-order chi connectivity index (χ1) is 10.6. The highest BCUT2D eigenvalue weighted by Crippen LogP contribution is 2.35. The molecule has 0 saturated carbocycles. The molecule has 4 nitrogen and oxygen atoms in total. The molecule has 1 unspecified atom stereocenters. The van der Waals surface area contributed by atoms with Crippen molar-refractivity contribution in [2.75, 3.05) is 18.8 Å². The van der Waals surface area contributed by atoms with Crippen molar-refractivity contribution in [2.45, 2.75) is 16.6 Å². The maximum absolute atomic E-state index is 12.7. The molecule has 7 heteroatoms. The van der Waals surface area contributed by atoms with Gasteiger partial charge in [0.2, 0.25) is 10.0 Å². The van der Waals surface area contributed by atoms with Gasteiger partial charge in [-0.15, -0.1) is 11.8 Å². The summed E-state index contributed by atoms with van der Waals surface area (Å²) in [7, 11) is -3.50. The molecule has 22 heavy (non-hydrogen) atoms. The molecule has 0 spiro atoms. The van der Waals surface area contributed by atoms with Crippen LogP contribution in [0.2, 0.25) is 5.02 Å². The Bertz CT molecular complexity index is 731. The summed E-state index contributed by atoms with van der Waals surface area (Å²) in [5.74, 6) is 1.65. The molecule has 118 valence electrons. The summed E-state index contributed by atoms with van der Waals surface area (Å²) in [6, 6.07) is 10.2. The first-order valence-corrected chi connectivity index (χ1v) is 9.85. The predicted octanol–water partition coefficient (Wildman–Crippen LogP) is 3.80. The van der Waals surface area contributed by atoms with Gasteiger partial charge in [-0.05, 0) is 36.8 Å². The largest absolute Gasteiger partial charge is 0.468 e. The van der Waals surface area contributed by atoms with Crippen LogP contribution in [-0.2, 0) is 10.0 Å². The summed E-state index contributed by atoms with van der Waals surface area (Å²) in [6.07, 6.45) is 2.39. The molecule has 2 aromatic rings. The number of thioether (sulfide) groups is 1. The van der Waals surface area contributed by atoms with E-state index < -0.39 is 10.0 Å². The van der Waals surface area contributed by atoms with Crippen LogP contribution in [0, 0.1) is 0 Å². The summed E-state index contributed by atoms with van der Waals surface area (Å²) in [5, 5.41) is 0.633. The van der Waals surface area contributed by atoms with Crippen LogP contribution in [0.15, 0.2) is 52.0 Å². The first kappa shape index (κ1) is 15.9. The maximum Gasteiger partial charge on any atom is 0.243 e. The highest BCUT2D eigenvalue weighted by Gasteiger charge is 2.29. The molecule has 0 N–H and O–H groups in total. The number of hydrogen-bond acceptors (Lipinski definition) is 4. The van der Waals surface area contributed by atoms with E-state index in [0.717, 1.165) is 17.9 Å². The zero-order valence-electron chi connectivity index (χ0n) is 11.8. The molecule has 1 atom stereocenters. The summed E-state index contributed by atoms with van der Waals surface area (Å²) >= 11 is 7.65. The number of hydrogen-bond donors (Lipinski definition) is 0. The Kier molecular flexibility index (Phi) is 4.82. The number of sulfonamides is 1. The van der Waals surface area contributed by atoms with Crippen LogP contribution in [0.25, 0.3) is 0 Å². The topological polar surface area (TPSA) is 50.5 Å². The Morgan fingerprint density at radius 3 is 2.82 bits per heavy atom. The maximum atomic E-state index is 12.7. The molecule has 1 fully saturated rings. The molecule has 1 aliphatic heterocycles. The normalized spacial score (nSPS) is 20.7. The lowest BCUT2D eigenvalue weighted by atomic mass is 10.2. The van der Waals surface area contributed by atoms with Gasteiger partial charge in [-0.2, -0.15) is 4.31 Å². The van der Waals surface area contributed by atoms with E-state index in [2.05, 4.69) is 0 Å². The van der Waals surface area contributed by atoms with Crippen molar-refractivity contribution in [3.8, 4) is 0 Å². The van der Waals surface area contributed by atoms with Crippen LogP contribution in [0.4, 0.5) is 0 Å².